The third kappa shape index (κ3) is 5.56. The lowest BCUT2D eigenvalue weighted by atomic mass is 9.98. The molecule has 2 aromatic carbocycles. The second kappa shape index (κ2) is 10.2. The number of nitrogens with one attached hydrogen (secondary N) is 1. The van der Waals surface area contributed by atoms with Crippen LogP contribution in [-0.2, 0) is 0 Å². The van der Waals surface area contributed by atoms with Crippen molar-refractivity contribution >= 4 is 72.7 Å². The normalized spacial score (nSPS) is 12.5. The Bertz CT molecular complexity index is 1070. The first-order valence-corrected chi connectivity index (χ1v) is 13.6. The van der Waals surface area contributed by atoms with E-state index in [1.165, 1.54) is 0 Å². The second-order valence-electron chi connectivity index (χ2n) is 6.22. The fraction of sp³-hybridized carbons (Fsp3) is 0.0476. The van der Waals surface area contributed by atoms with Gasteiger partial charge in [-0.15, -0.1) is 0 Å². The minimum absolute atomic E-state index is 0.349. The molecule has 8 heteroatoms. The maximum absolute atomic E-state index is 6.21. The Labute approximate surface area is 193 Å². The van der Waals surface area contributed by atoms with Gasteiger partial charge in [0.05, 0.1) is 29.2 Å². The monoisotopic (exact) mass is 579 g/mol. The molecule has 1 atom stereocenters. The molecule has 148 valence electrons. The van der Waals surface area contributed by atoms with Crippen LogP contribution < -0.4 is 16.8 Å². The van der Waals surface area contributed by atoms with Crippen molar-refractivity contribution < 1.29 is 0 Å². The molecule has 1 aromatic heterocycles. The van der Waals surface area contributed by atoms with Gasteiger partial charge in [0.1, 0.15) is 0 Å². The number of aryl methyl sites for hydroxylation is 1. The smallest absolute Gasteiger partial charge is 0.0973 e. The van der Waals surface area contributed by atoms with E-state index in [0.717, 1.165) is 44.1 Å². The Kier molecular flexibility index (Phi) is 7.64. The van der Waals surface area contributed by atoms with Crippen molar-refractivity contribution in [3.05, 3.63) is 88.3 Å². The first-order chi connectivity index (χ1) is 14.0. The Hall–Kier alpha value is -1.96. The average molecular weight is 580 g/mol. The third-order valence-corrected chi connectivity index (χ3v) is 5.75. The summed E-state index contributed by atoms with van der Waals surface area (Å²) in [5.74, 6) is 0. The zero-order valence-corrected chi connectivity index (χ0v) is 20.4. The molecule has 0 fully saturated rings. The number of nitrogen functional groups attached to an aromatic ring is 1. The van der Waals surface area contributed by atoms with Crippen LogP contribution in [0.1, 0.15) is 17.0 Å². The molecule has 1 unspecified atom stereocenters. The first-order valence-electron chi connectivity index (χ1n) is 8.74. The first kappa shape index (κ1) is 21.7. The highest BCUT2D eigenvalue weighted by Crippen LogP contribution is 2.32. The summed E-state index contributed by atoms with van der Waals surface area (Å²) in [5.41, 5.74) is 18.9. The molecule has 0 bridgehead atoms. The highest BCUT2D eigenvalue weighted by molar-refractivity contribution is 14.2. The number of rotatable bonds is 6. The second-order valence-corrected chi connectivity index (χ2v) is 8.98. The Balaban J connectivity index is 2.00. The van der Waals surface area contributed by atoms with Gasteiger partial charge < -0.3 is 16.8 Å². The van der Waals surface area contributed by atoms with E-state index < -0.39 is 0 Å². The summed E-state index contributed by atoms with van der Waals surface area (Å²) in [4.78, 5) is 4.63. The molecule has 0 aliphatic carbocycles. The molecule has 5 nitrogen and oxygen atoms in total. The SMILES string of the molecule is Cc1cccc(C(=N\PI)/C(=C\N)c2ccc(N)c(Nc3ccc(Br)cc3)c2)n1. The van der Waals surface area contributed by atoms with Crippen LogP contribution in [-0.4, -0.2) is 10.7 Å². The molecule has 0 saturated heterocycles. The van der Waals surface area contributed by atoms with E-state index in [-0.39, 0.29) is 0 Å². The van der Waals surface area contributed by atoms with E-state index in [1.54, 1.807) is 6.20 Å². The summed E-state index contributed by atoms with van der Waals surface area (Å²) in [6.45, 7) is 1.96. The van der Waals surface area contributed by atoms with Crippen LogP contribution in [0.2, 0.25) is 0 Å². The number of allylic oxidation sites excluding steroid dienone is 1. The maximum atomic E-state index is 6.21. The number of anilines is 3. The third-order valence-electron chi connectivity index (χ3n) is 4.19. The Morgan fingerprint density at radius 2 is 1.93 bits per heavy atom. The van der Waals surface area contributed by atoms with Gasteiger partial charge in [0.15, 0.2) is 0 Å². The van der Waals surface area contributed by atoms with Crippen LogP contribution in [0, 0.1) is 6.92 Å². The lowest BCUT2D eigenvalue weighted by molar-refractivity contribution is 1.18. The molecular weight excluding hydrogens is 560 g/mol. The molecule has 3 rings (SSSR count). The lowest BCUT2D eigenvalue weighted by Gasteiger charge is -2.15. The number of nitrogens with two attached hydrogens (primary N) is 2. The fourth-order valence-corrected chi connectivity index (χ4v) is 4.11. The van der Waals surface area contributed by atoms with E-state index in [4.69, 9.17) is 16.2 Å². The molecule has 0 amide bonds. The van der Waals surface area contributed by atoms with Gasteiger partial charge in [0, 0.05) is 27.6 Å². The topological polar surface area (TPSA) is 89.3 Å². The Morgan fingerprint density at radius 1 is 1.17 bits per heavy atom. The van der Waals surface area contributed by atoms with E-state index in [9.17, 15) is 0 Å². The molecule has 29 heavy (non-hydrogen) atoms. The molecule has 0 radical (unpaired) electrons. The van der Waals surface area contributed by atoms with Crippen molar-refractivity contribution in [2.45, 2.75) is 6.92 Å². The summed E-state index contributed by atoms with van der Waals surface area (Å²) in [6, 6.07) is 19.6. The van der Waals surface area contributed by atoms with E-state index in [0.29, 0.717) is 12.1 Å². The Morgan fingerprint density at radius 3 is 2.59 bits per heavy atom. The standard InChI is InChI=1S/C21H20BrIN5P/c1-13-3-2-4-19(26-13)21(28-29-23)17(12-24)14-5-10-18(25)20(11-14)27-16-8-6-15(22)7-9-16/h2-12,27,29H,24-25H2,1H3/b17-12-,28-21-. The van der Waals surface area contributed by atoms with E-state index in [2.05, 4.69) is 48.3 Å². The largest absolute Gasteiger partial charge is 0.404 e. The van der Waals surface area contributed by atoms with Crippen LogP contribution in [0.4, 0.5) is 17.1 Å². The predicted molar refractivity (Wildman–Crippen MR) is 138 cm³/mol. The summed E-state index contributed by atoms with van der Waals surface area (Å²) < 4.78 is 5.71. The fourth-order valence-electron chi connectivity index (χ4n) is 2.81. The average Bonchev–Trinajstić information content (AvgIpc) is 2.72. The van der Waals surface area contributed by atoms with Crippen molar-refractivity contribution in [2.24, 2.45) is 10.5 Å². The van der Waals surface area contributed by atoms with Gasteiger partial charge in [0.25, 0.3) is 0 Å². The number of aromatic nitrogens is 1. The molecule has 0 aliphatic rings. The van der Waals surface area contributed by atoms with E-state index >= 15 is 0 Å². The van der Waals surface area contributed by atoms with Gasteiger partial charge in [-0.1, -0.05) is 28.1 Å². The van der Waals surface area contributed by atoms with Gasteiger partial charge in [-0.05, 0) is 83.1 Å². The van der Waals surface area contributed by atoms with Gasteiger partial charge in [-0.25, -0.2) is 0 Å². The number of hydrogen-bond donors (Lipinski definition) is 3. The zero-order valence-electron chi connectivity index (χ0n) is 15.7. The maximum Gasteiger partial charge on any atom is 0.0973 e. The van der Waals surface area contributed by atoms with E-state index in [1.807, 2.05) is 67.6 Å². The quantitative estimate of drug-likeness (QED) is 0.140. The summed E-state index contributed by atoms with van der Waals surface area (Å²) >= 11 is 5.70. The molecule has 1 heterocycles. The van der Waals surface area contributed by atoms with Crippen LogP contribution in [0.3, 0.4) is 0 Å². The van der Waals surface area contributed by atoms with Crippen LogP contribution in [0.5, 0.6) is 0 Å². The lowest BCUT2D eigenvalue weighted by Crippen LogP contribution is -2.09. The van der Waals surface area contributed by atoms with Gasteiger partial charge in [-0.2, -0.15) is 0 Å². The van der Waals surface area contributed by atoms with Gasteiger partial charge in [0.2, 0.25) is 0 Å². The molecular formula is C21H20BrIN5P. The zero-order chi connectivity index (χ0) is 20.8. The van der Waals surface area contributed by atoms with Gasteiger partial charge in [-0.3, -0.25) is 9.75 Å². The summed E-state index contributed by atoms with van der Waals surface area (Å²) in [5, 5.41) is 3.37. The predicted octanol–water partition coefficient (Wildman–Crippen LogP) is 6.21. The molecule has 5 N–H and O–H groups in total. The summed E-state index contributed by atoms with van der Waals surface area (Å²) in [7, 11) is 0. The van der Waals surface area contributed by atoms with Crippen molar-refractivity contribution in [1.82, 2.24) is 4.98 Å². The number of nitrogens with zero attached hydrogens (tertiary/aromatic N) is 2. The van der Waals surface area contributed by atoms with Crippen LogP contribution >= 0.6 is 44.3 Å². The molecule has 0 aliphatic heterocycles. The van der Waals surface area contributed by atoms with Crippen molar-refractivity contribution in [2.75, 3.05) is 11.1 Å². The minimum Gasteiger partial charge on any atom is -0.404 e. The molecule has 0 saturated carbocycles. The summed E-state index contributed by atoms with van der Waals surface area (Å²) in [6.07, 6.45) is 1.93. The minimum atomic E-state index is 0.349. The van der Waals surface area contributed by atoms with Crippen molar-refractivity contribution in [3.63, 3.8) is 0 Å². The highest BCUT2D eigenvalue weighted by Gasteiger charge is 2.15. The van der Waals surface area contributed by atoms with Gasteiger partial charge >= 0.3 is 0 Å². The molecule has 0 spiro atoms. The highest BCUT2D eigenvalue weighted by atomic mass is 127. The van der Waals surface area contributed by atoms with Crippen molar-refractivity contribution in [3.8, 4) is 0 Å². The number of pyridine rings is 1. The number of benzene rings is 2. The van der Waals surface area contributed by atoms with Crippen LogP contribution in [0.15, 0.2) is 76.1 Å². The van der Waals surface area contributed by atoms with Crippen LogP contribution in [0.25, 0.3) is 5.57 Å². The number of hydrogen-bond acceptors (Lipinski definition) is 5. The molecule has 3 aromatic rings. The number of halogens is 2. The van der Waals surface area contributed by atoms with Crippen molar-refractivity contribution in [1.29, 1.82) is 0 Å².